The Labute approximate surface area is 163 Å². The minimum absolute atomic E-state index is 0.00965. The van der Waals surface area contributed by atoms with E-state index < -0.39 is 0 Å². The maximum absolute atomic E-state index is 12.3. The van der Waals surface area contributed by atoms with Gasteiger partial charge < -0.3 is 4.74 Å². The van der Waals surface area contributed by atoms with E-state index in [4.69, 9.17) is 4.74 Å². The monoisotopic (exact) mass is 386 g/mol. The number of aryl methyl sites for hydroxylation is 1. The minimum atomic E-state index is -0.00965. The number of piperidine rings is 1. The van der Waals surface area contributed by atoms with Crippen LogP contribution < -0.4 is 10.1 Å². The van der Waals surface area contributed by atoms with Crippen LogP contribution in [0.3, 0.4) is 0 Å². The topological polar surface area (TPSA) is 67.3 Å². The summed E-state index contributed by atoms with van der Waals surface area (Å²) in [5.74, 6) is 1.51. The summed E-state index contributed by atoms with van der Waals surface area (Å²) in [4.78, 5) is 14.5. The number of rotatable bonds is 6. The molecule has 1 saturated heterocycles. The number of ether oxygens (including phenoxy) is 1. The van der Waals surface area contributed by atoms with E-state index in [-0.39, 0.29) is 12.0 Å². The first kappa shape index (κ1) is 18.4. The van der Waals surface area contributed by atoms with Crippen LogP contribution in [0.25, 0.3) is 0 Å². The van der Waals surface area contributed by atoms with E-state index >= 15 is 0 Å². The van der Waals surface area contributed by atoms with Crippen molar-refractivity contribution in [3.63, 3.8) is 0 Å². The number of likely N-dealkylation sites (tertiary alicyclic amines) is 1. The third-order valence-electron chi connectivity index (χ3n) is 5.43. The number of anilines is 1. The van der Waals surface area contributed by atoms with Crippen molar-refractivity contribution in [2.75, 3.05) is 25.0 Å². The van der Waals surface area contributed by atoms with Gasteiger partial charge in [0.05, 0.1) is 6.54 Å². The van der Waals surface area contributed by atoms with E-state index in [1.807, 2.05) is 18.2 Å². The molecule has 27 heavy (non-hydrogen) atoms. The molecule has 1 aliphatic carbocycles. The maximum Gasteiger partial charge on any atom is 0.240 e. The highest BCUT2D eigenvalue weighted by atomic mass is 32.1. The molecular weight excluding hydrogens is 360 g/mol. The van der Waals surface area contributed by atoms with Crippen molar-refractivity contribution < 1.29 is 9.53 Å². The highest BCUT2D eigenvalue weighted by Gasteiger charge is 2.25. The number of nitrogens with zero attached hydrogens (tertiary/aromatic N) is 3. The number of benzene rings is 1. The first-order valence-electron chi connectivity index (χ1n) is 9.75. The Morgan fingerprint density at radius 1 is 1.22 bits per heavy atom. The molecule has 2 aromatic rings. The quantitative estimate of drug-likeness (QED) is 0.822. The first-order chi connectivity index (χ1) is 13.2. The van der Waals surface area contributed by atoms with Gasteiger partial charge in [0.15, 0.2) is 0 Å². The SMILES string of the molecule is Cc1ccccc1OC1CCN(CC(=O)Nc2nnc(C3CCC3)s2)CC1. The predicted octanol–water partition coefficient (Wildman–Crippen LogP) is 3.60. The van der Waals surface area contributed by atoms with Gasteiger partial charge in [0.25, 0.3) is 0 Å². The Morgan fingerprint density at radius 3 is 2.70 bits per heavy atom. The summed E-state index contributed by atoms with van der Waals surface area (Å²) in [5.41, 5.74) is 1.16. The van der Waals surface area contributed by atoms with Gasteiger partial charge in [-0.2, -0.15) is 0 Å². The van der Waals surface area contributed by atoms with Crippen molar-refractivity contribution in [2.24, 2.45) is 0 Å². The minimum Gasteiger partial charge on any atom is -0.490 e. The number of amides is 1. The van der Waals surface area contributed by atoms with Crippen LogP contribution in [-0.4, -0.2) is 46.7 Å². The second-order valence-electron chi connectivity index (χ2n) is 7.48. The molecule has 1 aromatic heterocycles. The summed E-state index contributed by atoms with van der Waals surface area (Å²) < 4.78 is 6.13. The molecule has 0 bridgehead atoms. The van der Waals surface area contributed by atoms with Crippen LogP contribution in [0.1, 0.15) is 48.6 Å². The number of hydrogen-bond acceptors (Lipinski definition) is 6. The Balaban J connectivity index is 1.21. The molecular formula is C20H26N4O2S. The largest absolute Gasteiger partial charge is 0.490 e. The van der Waals surface area contributed by atoms with Crippen molar-refractivity contribution in [3.05, 3.63) is 34.8 Å². The number of aromatic nitrogens is 2. The van der Waals surface area contributed by atoms with Crippen LogP contribution >= 0.6 is 11.3 Å². The average molecular weight is 387 g/mol. The normalized spacial score (nSPS) is 18.9. The van der Waals surface area contributed by atoms with Crippen molar-refractivity contribution in [1.29, 1.82) is 0 Å². The van der Waals surface area contributed by atoms with Crippen molar-refractivity contribution in [1.82, 2.24) is 15.1 Å². The van der Waals surface area contributed by atoms with E-state index in [1.54, 1.807) is 0 Å². The van der Waals surface area contributed by atoms with Gasteiger partial charge in [0.2, 0.25) is 11.0 Å². The fraction of sp³-hybridized carbons (Fsp3) is 0.550. The molecule has 2 heterocycles. The lowest BCUT2D eigenvalue weighted by atomic mass is 9.86. The highest BCUT2D eigenvalue weighted by molar-refractivity contribution is 7.15. The number of hydrogen-bond donors (Lipinski definition) is 1. The summed E-state index contributed by atoms with van der Waals surface area (Å²) in [5, 5.41) is 12.9. The van der Waals surface area contributed by atoms with E-state index in [2.05, 4.69) is 33.4 Å². The summed E-state index contributed by atoms with van der Waals surface area (Å²) in [6.45, 7) is 4.20. The summed E-state index contributed by atoms with van der Waals surface area (Å²) >= 11 is 1.52. The van der Waals surface area contributed by atoms with E-state index in [9.17, 15) is 4.79 Å². The van der Waals surface area contributed by atoms with E-state index in [0.29, 0.717) is 17.6 Å². The third-order valence-corrected chi connectivity index (χ3v) is 6.43. The second-order valence-corrected chi connectivity index (χ2v) is 8.49. The Bertz CT molecular complexity index is 782. The summed E-state index contributed by atoms with van der Waals surface area (Å²) in [6.07, 6.45) is 5.76. The molecule has 1 aliphatic heterocycles. The van der Waals surface area contributed by atoms with Crippen LogP contribution in [0.15, 0.2) is 24.3 Å². The van der Waals surface area contributed by atoms with Gasteiger partial charge in [0, 0.05) is 19.0 Å². The molecule has 2 fully saturated rings. The van der Waals surface area contributed by atoms with Crippen LogP contribution in [0.2, 0.25) is 0 Å². The van der Waals surface area contributed by atoms with Crippen LogP contribution in [0.5, 0.6) is 5.75 Å². The molecule has 0 atom stereocenters. The molecule has 1 saturated carbocycles. The third kappa shape index (κ3) is 4.65. The molecule has 6 nitrogen and oxygen atoms in total. The highest BCUT2D eigenvalue weighted by Crippen LogP contribution is 2.38. The number of carbonyl (C=O) groups is 1. The molecule has 7 heteroatoms. The molecule has 0 radical (unpaired) electrons. The van der Waals surface area contributed by atoms with Crippen LogP contribution in [-0.2, 0) is 4.79 Å². The lowest BCUT2D eigenvalue weighted by Crippen LogP contribution is -2.42. The van der Waals surface area contributed by atoms with Gasteiger partial charge in [-0.3, -0.25) is 15.0 Å². The molecule has 0 spiro atoms. The van der Waals surface area contributed by atoms with Gasteiger partial charge in [-0.1, -0.05) is 36.0 Å². The molecule has 1 amide bonds. The zero-order chi connectivity index (χ0) is 18.6. The fourth-order valence-electron chi connectivity index (χ4n) is 3.52. The zero-order valence-electron chi connectivity index (χ0n) is 15.7. The second kappa shape index (κ2) is 8.35. The Hall–Kier alpha value is -1.99. The Kier molecular flexibility index (Phi) is 5.69. The fourth-order valence-corrected chi connectivity index (χ4v) is 4.45. The summed E-state index contributed by atoms with van der Waals surface area (Å²) in [6, 6.07) is 8.12. The maximum atomic E-state index is 12.3. The molecule has 144 valence electrons. The smallest absolute Gasteiger partial charge is 0.240 e. The van der Waals surface area contributed by atoms with E-state index in [0.717, 1.165) is 42.3 Å². The van der Waals surface area contributed by atoms with Crippen molar-refractivity contribution >= 4 is 22.4 Å². The van der Waals surface area contributed by atoms with Crippen LogP contribution in [0.4, 0.5) is 5.13 Å². The van der Waals surface area contributed by atoms with Gasteiger partial charge >= 0.3 is 0 Å². The molecule has 0 unspecified atom stereocenters. The Morgan fingerprint density at radius 2 is 2.00 bits per heavy atom. The van der Waals surface area contributed by atoms with E-state index in [1.165, 1.54) is 30.6 Å². The molecule has 4 rings (SSSR count). The number of para-hydroxylation sites is 1. The number of nitrogens with one attached hydrogen (secondary N) is 1. The van der Waals surface area contributed by atoms with Gasteiger partial charge in [-0.05, 0) is 44.2 Å². The molecule has 1 N–H and O–H groups in total. The number of carbonyl (C=O) groups excluding carboxylic acids is 1. The summed E-state index contributed by atoms with van der Waals surface area (Å²) in [7, 11) is 0. The predicted molar refractivity (Wildman–Crippen MR) is 106 cm³/mol. The van der Waals surface area contributed by atoms with Gasteiger partial charge in [-0.25, -0.2) is 0 Å². The lowest BCUT2D eigenvalue weighted by Gasteiger charge is -2.31. The lowest BCUT2D eigenvalue weighted by molar-refractivity contribution is -0.117. The van der Waals surface area contributed by atoms with Gasteiger partial charge in [0.1, 0.15) is 16.9 Å². The van der Waals surface area contributed by atoms with Gasteiger partial charge in [-0.15, -0.1) is 10.2 Å². The van der Waals surface area contributed by atoms with Crippen molar-refractivity contribution in [3.8, 4) is 5.75 Å². The van der Waals surface area contributed by atoms with Crippen LogP contribution in [0, 0.1) is 6.92 Å². The first-order valence-corrected chi connectivity index (χ1v) is 10.6. The van der Waals surface area contributed by atoms with Crippen molar-refractivity contribution in [2.45, 2.75) is 51.0 Å². The standard InChI is InChI=1S/C20H26N4O2S/c1-14-5-2-3-8-17(14)26-16-9-11-24(12-10-16)13-18(25)21-20-23-22-19(27-20)15-6-4-7-15/h2-3,5,8,15-16H,4,6-7,9-13H2,1H3,(H,21,23,25). The zero-order valence-corrected chi connectivity index (χ0v) is 16.5. The molecule has 2 aliphatic rings. The molecule has 1 aromatic carbocycles. The average Bonchev–Trinajstić information content (AvgIpc) is 3.04.